The average Bonchev–Trinajstić information content (AvgIpc) is 3.49. The molecule has 0 saturated heterocycles. The lowest BCUT2D eigenvalue weighted by Gasteiger charge is -2.18. The number of amides is 1. The summed E-state index contributed by atoms with van der Waals surface area (Å²) < 4.78 is 34.6. The number of ether oxygens (including phenoxy) is 1. The van der Waals surface area contributed by atoms with Gasteiger partial charge in [0.2, 0.25) is 0 Å². The summed E-state index contributed by atoms with van der Waals surface area (Å²) in [6, 6.07) is 9.31. The summed E-state index contributed by atoms with van der Waals surface area (Å²) in [6.45, 7) is 1.26. The number of nitrogens with zero attached hydrogens (tertiary/aromatic N) is 3. The van der Waals surface area contributed by atoms with Crippen molar-refractivity contribution < 1.29 is 22.7 Å². The number of furan rings is 1. The second kappa shape index (κ2) is 9.66. The standard InChI is InChI=1S/C22H19F2N3O3S2/c1-13(2)19-25-14(11-31-19)12-32-22-26-18(10-17-4-3-9-29-17)20(28)27(22)15-5-7-16(8-6-15)30-21(23)24/h3-11,13,21H,12H2,1-2H3/b18-10-. The third-order valence-electron chi connectivity index (χ3n) is 4.38. The summed E-state index contributed by atoms with van der Waals surface area (Å²) in [5, 5.41) is 3.52. The van der Waals surface area contributed by atoms with Gasteiger partial charge in [-0.2, -0.15) is 8.78 Å². The number of benzene rings is 1. The summed E-state index contributed by atoms with van der Waals surface area (Å²) in [7, 11) is 0. The number of carbonyl (C=O) groups excluding carboxylic acids is 1. The maximum Gasteiger partial charge on any atom is 0.387 e. The first-order valence-corrected chi connectivity index (χ1v) is 11.6. The molecular weight excluding hydrogens is 456 g/mol. The van der Waals surface area contributed by atoms with E-state index in [1.807, 2.05) is 5.38 Å². The Bertz CT molecular complexity index is 1140. The molecule has 3 heterocycles. The van der Waals surface area contributed by atoms with Gasteiger partial charge in [0.15, 0.2) is 5.17 Å². The molecule has 0 saturated carbocycles. The van der Waals surface area contributed by atoms with E-state index in [9.17, 15) is 13.6 Å². The predicted octanol–water partition coefficient (Wildman–Crippen LogP) is 6.14. The number of thiazole rings is 1. The van der Waals surface area contributed by atoms with E-state index in [4.69, 9.17) is 4.42 Å². The van der Waals surface area contributed by atoms with Crippen LogP contribution >= 0.6 is 23.1 Å². The van der Waals surface area contributed by atoms with Crippen molar-refractivity contribution in [3.05, 3.63) is 70.2 Å². The van der Waals surface area contributed by atoms with Gasteiger partial charge < -0.3 is 9.15 Å². The predicted molar refractivity (Wildman–Crippen MR) is 122 cm³/mol. The molecule has 10 heteroatoms. The SMILES string of the molecule is CC(C)c1nc(CSC2=N/C(=C\c3ccco3)C(=O)N2c2ccc(OC(F)F)cc2)cs1. The molecular formula is C22H19F2N3O3S2. The van der Waals surface area contributed by atoms with Gasteiger partial charge in [-0.3, -0.25) is 9.69 Å². The molecule has 0 unspecified atom stereocenters. The molecule has 1 aliphatic rings. The zero-order valence-corrected chi connectivity index (χ0v) is 18.8. The van der Waals surface area contributed by atoms with Crippen LogP contribution in [0.15, 0.2) is 63.1 Å². The van der Waals surface area contributed by atoms with Crippen molar-refractivity contribution in [2.45, 2.75) is 32.1 Å². The van der Waals surface area contributed by atoms with Crippen LogP contribution in [0.25, 0.3) is 6.08 Å². The van der Waals surface area contributed by atoms with Crippen molar-refractivity contribution in [1.82, 2.24) is 4.98 Å². The van der Waals surface area contributed by atoms with Gasteiger partial charge in [0.05, 0.1) is 22.7 Å². The van der Waals surface area contributed by atoms with Crippen LogP contribution in [-0.2, 0) is 10.5 Å². The molecule has 0 aliphatic carbocycles. The molecule has 32 heavy (non-hydrogen) atoms. The molecule has 4 rings (SSSR count). The number of thioether (sulfide) groups is 1. The van der Waals surface area contributed by atoms with Crippen molar-refractivity contribution in [1.29, 1.82) is 0 Å². The first-order valence-electron chi connectivity index (χ1n) is 9.71. The normalized spacial score (nSPS) is 15.3. The second-order valence-electron chi connectivity index (χ2n) is 7.07. The lowest BCUT2D eigenvalue weighted by molar-refractivity contribution is -0.113. The molecule has 0 bridgehead atoms. The summed E-state index contributed by atoms with van der Waals surface area (Å²) in [6.07, 6.45) is 3.08. The van der Waals surface area contributed by atoms with Gasteiger partial charge in [-0.1, -0.05) is 25.6 Å². The van der Waals surface area contributed by atoms with E-state index in [1.54, 1.807) is 41.7 Å². The van der Waals surface area contributed by atoms with Crippen LogP contribution in [0.2, 0.25) is 0 Å². The number of hydrogen-bond acceptors (Lipinski definition) is 7. The number of anilines is 1. The van der Waals surface area contributed by atoms with Crippen molar-refractivity contribution in [3.8, 4) is 5.75 Å². The molecule has 2 aromatic heterocycles. The van der Waals surface area contributed by atoms with Crippen LogP contribution in [0.5, 0.6) is 5.75 Å². The Morgan fingerprint density at radius 2 is 2.03 bits per heavy atom. The van der Waals surface area contributed by atoms with Crippen molar-refractivity contribution in [2.75, 3.05) is 4.90 Å². The van der Waals surface area contributed by atoms with E-state index in [1.165, 1.54) is 35.1 Å². The summed E-state index contributed by atoms with van der Waals surface area (Å²) in [4.78, 5) is 23.7. The third-order valence-corrected chi connectivity index (χ3v) is 6.55. The first-order chi connectivity index (χ1) is 15.4. The van der Waals surface area contributed by atoms with E-state index >= 15 is 0 Å². The van der Waals surface area contributed by atoms with E-state index in [2.05, 4.69) is 28.6 Å². The lowest BCUT2D eigenvalue weighted by Crippen LogP contribution is -2.30. The van der Waals surface area contributed by atoms with Gasteiger partial charge in [0.1, 0.15) is 17.2 Å². The Morgan fingerprint density at radius 3 is 2.66 bits per heavy atom. The van der Waals surface area contributed by atoms with Gasteiger partial charge in [-0.15, -0.1) is 11.3 Å². The Balaban J connectivity index is 1.60. The lowest BCUT2D eigenvalue weighted by atomic mass is 10.2. The summed E-state index contributed by atoms with van der Waals surface area (Å²) in [5.74, 6) is 1.05. The van der Waals surface area contributed by atoms with E-state index in [-0.39, 0.29) is 17.4 Å². The highest BCUT2D eigenvalue weighted by atomic mass is 32.2. The van der Waals surface area contributed by atoms with Crippen LogP contribution < -0.4 is 9.64 Å². The van der Waals surface area contributed by atoms with E-state index < -0.39 is 6.61 Å². The molecule has 6 nitrogen and oxygen atoms in total. The van der Waals surface area contributed by atoms with E-state index in [0.717, 1.165) is 10.7 Å². The smallest absolute Gasteiger partial charge is 0.387 e. The Kier molecular flexibility index (Phi) is 6.71. The fourth-order valence-corrected chi connectivity index (χ4v) is 4.74. The highest BCUT2D eigenvalue weighted by Gasteiger charge is 2.32. The van der Waals surface area contributed by atoms with Crippen LogP contribution in [-0.4, -0.2) is 22.7 Å². The van der Waals surface area contributed by atoms with Gasteiger partial charge in [0, 0.05) is 23.1 Å². The summed E-state index contributed by atoms with van der Waals surface area (Å²) in [5.41, 5.74) is 1.62. The average molecular weight is 476 g/mol. The van der Waals surface area contributed by atoms with Crippen LogP contribution in [0.1, 0.15) is 36.2 Å². The molecule has 1 amide bonds. The minimum absolute atomic E-state index is 0.0107. The van der Waals surface area contributed by atoms with Crippen LogP contribution in [0, 0.1) is 0 Å². The zero-order chi connectivity index (χ0) is 22.7. The fourth-order valence-electron chi connectivity index (χ4n) is 2.90. The Morgan fingerprint density at radius 1 is 1.25 bits per heavy atom. The second-order valence-corrected chi connectivity index (χ2v) is 8.90. The molecule has 0 fully saturated rings. The van der Waals surface area contributed by atoms with Crippen molar-refractivity contribution in [3.63, 3.8) is 0 Å². The van der Waals surface area contributed by atoms with Gasteiger partial charge >= 0.3 is 6.61 Å². The number of alkyl halides is 2. The first kappa shape index (κ1) is 22.2. The fraction of sp³-hybridized carbons (Fsp3) is 0.227. The van der Waals surface area contributed by atoms with Crippen molar-refractivity contribution >= 4 is 45.9 Å². The van der Waals surface area contributed by atoms with Gasteiger partial charge in [0.25, 0.3) is 5.91 Å². The third kappa shape index (κ3) is 5.08. The zero-order valence-electron chi connectivity index (χ0n) is 17.2. The van der Waals surface area contributed by atoms with Gasteiger partial charge in [-0.05, 0) is 36.4 Å². The van der Waals surface area contributed by atoms with Gasteiger partial charge in [-0.25, -0.2) is 9.98 Å². The maximum atomic E-state index is 13.1. The Labute approximate surface area is 191 Å². The molecule has 1 aromatic carbocycles. The monoisotopic (exact) mass is 475 g/mol. The number of amidine groups is 1. The molecule has 1 aliphatic heterocycles. The maximum absolute atomic E-state index is 13.1. The number of halogens is 2. The number of aromatic nitrogens is 1. The highest BCUT2D eigenvalue weighted by Crippen LogP contribution is 2.32. The molecule has 3 aromatic rings. The minimum atomic E-state index is -2.92. The van der Waals surface area contributed by atoms with Crippen molar-refractivity contribution in [2.24, 2.45) is 4.99 Å². The molecule has 0 spiro atoms. The highest BCUT2D eigenvalue weighted by molar-refractivity contribution is 8.13. The van der Waals surface area contributed by atoms with Crippen LogP contribution in [0.4, 0.5) is 14.5 Å². The molecule has 0 radical (unpaired) electrons. The molecule has 166 valence electrons. The molecule has 0 atom stereocenters. The number of hydrogen-bond donors (Lipinski definition) is 0. The van der Waals surface area contributed by atoms with E-state index in [0.29, 0.717) is 28.3 Å². The topological polar surface area (TPSA) is 67.9 Å². The summed E-state index contributed by atoms with van der Waals surface area (Å²) >= 11 is 2.98. The Hall–Kier alpha value is -2.98. The minimum Gasteiger partial charge on any atom is -0.465 e. The molecule has 0 N–H and O–H groups in total. The van der Waals surface area contributed by atoms with Crippen LogP contribution in [0.3, 0.4) is 0 Å². The quantitative estimate of drug-likeness (QED) is 0.384. The number of rotatable bonds is 7. The number of carbonyl (C=O) groups is 1. The number of aliphatic imine (C=N–C) groups is 1. The largest absolute Gasteiger partial charge is 0.465 e.